The third kappa shape index (κ3) is 3.63. The molecule has 2 amide bonds. The van der Waals surface area contributed by atoms with Crippen LogP contribution in [0.25, 0.3) is 11.1 Å². The topological polar surface area (TPSA) is 66.7 Å². The molecule has 1 atom stereocenters. The normalized spacial score (nSPS) is 22.5. The summed E-state index contributed by atoms with van der Waals surface area (Å²) in [6.45, 7) is 6.36. The highest BCUT2D eigenvalue weighted by Gasteiger charge is 2.42. The molecule has 2 aliphatic rings. The first-order chi connectivity index (χ1) is 13.0. The molecule has 0 saturated carbocycles. The lowest BCUT2D eigenvalue weighted by molar-refractivity contribution is -0.140. The minimum atomic E-state index is -0.283. The number of imide groups is 1. The van der Waals surface area contributed by atoms with Crippen LogP contribution in [-0.2, 0) is 9.59 Å². The number of oxazole rings is 1. The van der Waals surface area contributed by atoms with E-state index in [9.17, 15) is 9.59 Å². The van der Waals surface area contributed by atoms with Crippen molar-refractivity contribution in [3.63, 3.8) is 0 Å². The van der Waals surface area contributed by atoms with Crippen LogP contribution >= 0.6 is 0 Å². The molecule has 1 aromatic heterocycles. The molecule has 2 aromatic rings. The molecule has 0 spiro atoms. The monoisotopic (exact) mass is 369 g/mol. The molecule has 6 heteroatoms. The number of carbonyl (C=O) groups excluding carboxylic acids is 2. The van der Waals surface area contributed by atoms with Crippen LogP contribution in [0.15, 0.2) is 28.7 Å². The van der Waals surface area contributed by atoms with Gasteiger partial charge in [0.2, 0.25) is 11.8 Å². The van der Waals surface area contributed by atoms with E-state index in [0.29, 0.717) is 18.9 Å². The van der Waals surface area contributed by atoms with Gasteiger partial charge in [-0.05, 0) is 50.4 Å². The van der Waals surface area contributed by atoms with Crippen molar-refractivity contribution in [3.05, 3.63) is 30.2 Å². The Labute approximate surface area is 159 Å². The van der Waals surface area contributed by atoms with E-state index in [2.05, 4.69) is 23.7 Å². The number of rotatable bonds is 5. The van der Waals surface area contributed by atoms with Crippen molar-refractivity contribution < 1.29 is 14.0 Å². The minimum Gasteiger partial charge on any atom is -0.440 e. The molecular weight excluding hydrogens is 342 g/mol. The van der Waals surface area contributed by atoms with Crippen LogP contribution in [-0.4, -0.2) is 52.3 Å². The van der Waals surface area contributed by atoms with Crippen LogP contribution in [0.2, 0.25) is 0 Å². The second-order valence-electron chi connectivity index (χ2n) is 8.12. The average Bonchev–Trinajstić information content (AvgIpc) is 3.21. The number of carbonyl (C=O) groups is 2. The van der Waals surface area contributed by atoms with Crippen molar-refractivity contribution in [2.24, 2.45) is 5.92 Å². The predicted octanol–water partition coefficient (Wildman–Crippen LogP) is 3.18. The number of likely N-dealkylation sites (tertiary alicyclic amines) is 2. The summed E-state index contributed by atoms with van der Waals surface area (Å²) in [5.74, 6) is 1.52. The van der Waals surface area contributed by atoms with Gasteiger partial charge < -0.3 is 4.42 Å². The van der Waals surface area contributed by atoms with Gasteiger partial charge in [-0.1, -0.05) is 26.0 Å². The Hall–Kier alpha value is -2.21. The Morgan fingerprint density at radius 1 is 1.19 bits per heavy atom. The Balaban J connectivity index is 1.37. The van der Waals surface area contributed by atoms with Crippen LogP contribution in [0.1, 0.15) is 51.3 Å². The van der Waals surface area contributed by atoms with Crippen molar-refractivity contribution in [3.8, 4) is 0 Å². The highest BCUT2D eigenvalue weighted by atomic mass is 16.3. The Morgan fingerprint density at radius 3 is 2.63 bits per heavy atom. The van der Waals surface area contributed by atoms with Crippen LogP contribution < -0.4 is 0 Å². The maximum Gasteiger partial charge on any atom is 0.247 e. The van der Waals surface area contributed by atoms with Crippen LogP contribution in [0.4, 0.5) is 0 Å². The second-order valence-corrected chi connectivity index (χ2v) is 8.12. The van der Waals surface area contributed by atoms with Gasteiger partial charge in [-0.15, -0.1) is 0 Å². The fourth-order valence-corrected chi connectivity index (χ4v) is 4.10. The fourth-order valence-electron chi connectivity index (χ4n) is 4.10. The average molecular weight is 369 g/mol. The maximum absolute atomic E-state index is 12.7. The van der Waals surface area contributed by atoms with Crippen LogP contribution in [0.3, 0.4) is 0 Å². The van der Waals surface area contributed by atoms with Crippen LogP contribution in [0, 0.1) is 5.92 Å². The SMILES string of the molecule is CC(C)CCN1C(=O)C[C@H](N2CCC(c3nc4ccccc4o3)CC2)C1=O. The first kappa shape index (κ1) is 18.2. The summed E-state index contributed by atoms with van der Waals surface area (Å²) in [6, 6.07) is 7.54. The zero-order valence-corrected chi connectivity index (χ0v) is 16.1. The molecule has 2 aliphatic heterocycles. The highest BCUT2D eigenvalue weighted by molar-refractivity contribution is 6.05. The summed E-state index contributed by atoms with van der Waals surface area (Å²) in [4.78, 5) is 33.3. The quantitative estimate of drug-likeness (QED) is 0.757. The van der Waals surface area contributed by atoms with Gasteiger partial charge in [-0.25, -0.2) is 4.98 Å². The zero-order chi connectivity index (χ0) is 19.0. The molecule has 0 bridgehead atoms. The van der Waals surface area contributed by atoms with Gasteiger partial charge in [0.05, 0.1) is 12.5 Å². The summed E-state index contributed by atoms with van der Waals surface area (Å²) >= 11 is 0. The van der Waals surface area contributed by atoms with Gasteiger partial charge >= 0.3 is 0 Å². The number of nitrogens with zero attached hydrogens (tertiary/aromatic N) is 3. The van der Waals surface area contributed by atoms with E-state index in [0.717, 1.165) is 49.3 Å². The van der Waals surface area contributed by atoms with Gasteiger partial charge in [0, 0.05) is 12.5 Å². The highest BCUT2D eigenvalue weighted by Crippen LogP contribution is 2.32. The molecule has 27 heavy (non-hydrogen) atoms. The molecule has 2 fully saturated rings. The van der Waals surface area contributed by atoms with E-state index in [-0.39, 0.29) is 23.8 Å². The molecule has 0 unspecified atom stereocenters. The van der Waals surface area contributed by atoms with E-state index >= 15 is 0 Å². The van der Waals surface area contributed by atoms with Gasteiger partial charge in [0.15, 0.2) is 11.5 Å². The van der Waals surface area contributed by atoms with E-state index < -0.39 is 0 Å². The fraction of sp³-hybridized carbons (Fsp3) is 0.571. The second kappa shape index (κ2) is 7.43. The van der Waals surface area contributed by atoms with E-state index in [4.69, 9.17) is 4.42 Å². The summed E-state index contributed by atoms with van der Waals surface area (Å²) in [6.07, 6.45) is 2.99. The Kier molecular flexibility index (Phi) is 5.00. The number of fused-ring (bicyclic) bond motifs is 1. The van der Waals surface area contributed by atoms with E-state index in [1.54, 1.807) is 0 Å². The largest absolute Gasteiger partial charge is 0.440 e. The molecule has 1 aromatic carbocycles. The standard InChI is InChI=1S/C21H27N3O3/c1-14(2)7-12-24-19(25)13-17(21(24)26)23-10-8-15(9-11-23)20-22-16-5-3-4-6-18(16)27-20/h3-6,14-15,17H,7-13H2,1-2H3/t17-/m0/s1. The number of para-hydroxylation sites is 2. The summed E-state index contributed by atoms with van der Waals surface area (Å²) < 4.78 is 5.92. The number of aromatic nitrogens is 1. The Morgan fingerprint density at radius 2 is 1.93 bits per heavy atom. The van der Waals surface area contributed by atoms with E-state index in [1.807, 2.05) is 24.3 Å². The molecular formula is C21H27N3O3. The van der Waals surface area contributed by atoms with Crippen molar-refractivity contribution in [1.82, 2.24) is 14.8 Å². The third-order valence-corrected chi connectivity index (χ3v) is 5.78. The van der Waals surface area contributed by atoms with Gasteiger partial charge in [0.1, 0.15) is 5.52 Å². The molecule has 0 N–H and O–H groups in total. The summed E-state index contributed by atoms with van der Waals surface area (Å²) in [7, 11) is 0. The van der Waals surface area contributed by atoms with Crippen molar-refractivity contribution >= 4 is 22.9 Å². The first-order valence-corrected chi connectivity index (χ1v) is 9.96. The third-order valence-electron chi connectivity index (χ3n) is 5.78. The minimum absolute atomic E-state index is 0.0130. The first-order valence-electron chi connectivity index (χ1n) is 9.96. The molecule has 0 radical (unpaired) electrons. The van der Waals surface area contributed by atoms with Gasteiger partial charge in [-0.2, -0.15) is 0 Å². The molecule has 144 valence electrons. The number of amides is 2. The number of hydrogen-bond donors (Lipinski definition) is 0. The van der Waals surface area contributed by atoms with E-state index in [1.165, 1.54) is 4.90 Å². The molecule has 3 heterocycles. The van der Waals surface area contributed by atoms with Crippen molar-refractivity contribution in [2.45, 2.75) is 51.5 Å². The van der Waals surface area contributed by atoms with Crippen LogP contribution in [0.5, 0.6) is 0 Å². The lowest BCUT2D eigenvalue weighted by Gasteiger charge is -2.33. The lowest BCUT2D eigenvalue weighted by Crippen LogP contribution is -2.45. The summed E-state index contributed by atoms with van der Waals surface area (Å²) in [5, 5.41) is 0. The molecule has 6 nitrogen and oxygen atoms in total. The number of benzene rings is 1. The number of piperidine rings is 1. The zero-order valence-electron chi connectivity index (χ0n) is 16.1. The number of hydrogen-bond acceptors (Lipinski definition) is 5. The smallest absolute Gasteiger partial charge is 0.247 e. The Bertz CT molecular complexity index is 803. The van der Waals surface area contributed by atoms with Crippen molar-refractivity contribution in [2.75, 3.05) is 19.6 Å². The lowest BCUT2D eigenvalue weighted by atomic mass is 9.95. The predicted molar refractivity (Wildman–Crippen MR) is 102 cm³/mol. The molecule has 0 aliphatic carbocycles. The summed E-state index contributed by atoms with van der Waals surface area (Å²) in [5.41, 5.74) is 1.72. The van der Waals surface area contributed by atoms with Gasteiger partial charge in [0.25, 0.3) is 0 Å². The van der Waals surface area contributed by atoms with Gasteiger partial charge in [-0.3, -0.25) is 19.4 Å². The molecule has 4 rings (SSSR count). The maximum atomic E-state index is 12.7. The van der Waals surface area contributed by atoms with Crippen molar-refractivity contribution in [1.29, 1.82) is 0 Å². The molecule has 2 saturated heterocycles.